The van der Waals surface area contributed by atoms with Gasteiger partial charge in [-0.05, 0) is 98.6 Å². The van der Waals surface area contributed by atoms with Crippen molar-refractivity contribution in [3.8, 4) is 16.9 Å². The van der Waals surface area contributed by atoms with Crippen LogP contribution in [0.5, 0.6) is 5.75 Å². The van der Waals surface area contributed by atoms with E-state index in [9.17, 15) is 4.79 Å². The minimum atomic E-state index is -0.00338. The number of aromatic nitrogens is 1. The highest BCUT2D eigenvalue weighted by Gasteiger charge is 2.25. The first-order valence-electron chi connectivity index (χ1n) is 15.0. The number of benzene rings is 3. The van der Waals surface area contributed by atoms with Crippen molar-refractivity contribution in [2.24, 2.45) is 0 Å². The lowest BCUT2D eigenvalue weighted by molar-refractivity contribution is 0.0370. The van der Waals surface area contributed by atoms with Crippen molar-refractivity contribution >= 4 is 28.2 Å². The van der Waals surface area contributed by atoms with Gasteiger partial charge in [-0.25, -0.2) is 0 Å². The van der Waals surface area contributed by atoms with E-state index in [1.165, 1.54) is 0 Å². The van der Waals surface area contributed by atoms with Gasteiger partial charge in [-0.15, -0.1) is 0 Å². The van der Waals surface area contributed by atoms with Gasteiger partial charge in [0.1, 0.15) is 5.75 Å². The van der Waals surface area contributed by atoms with Gasteiger partial charge in [0.25, 0.3) is 5.91 Å². The average molecular weight is 553 g/mol. The van der Waals surface area contributed by atoms with Crippen molar-refractivity contribution in [1.82, 2.24) is 9.88 Å². The van der Waals surface area contributed by atoms with Crippen LogP contribution in [0.15, 0.2) is 72.9 Å². The Morgan fingerprint density at radius 2 is 1.85 bits per heavy atom. The Balaban J connectivity index is 1.21. The summed E-state index contributed by atoms with van der Waals surface area (Å²) in [5.74, 6) is 0.755. The van der Waals surface area contributed by atoms with Crippen LogP contribution in [0.4, 0.5) is 11.4 Å². The molecule has 0 aliphatic carbocycles. The second kappa shape index (κ2) is 12.8. The van der Waals surface area contributed by atoms with Gasteiger partial charge in [0.15, 0.2) is 0 Å². The molecular weight excluding hydrogens is 512 g/mol. The summed E-state index contributed by atoms with van der Waals surface area (Å²) < 4.78 is 11.9. The van der Waals surface area contributed by atoms with Gasteiger partial charge in [0.2, 0.25) is 0 Å². The molecule has 1 fully saturated rings. The number of H-pyrrole nitrogens is 1. The van der Waals surface area contributed by atoms with E-state index in [1.54, 1.807) is 0 Å². The predicted molar refractivity (Wildman–Crippen MR) is 166 cm³/mol. The standard InChI is InChI=1S/C34H40N4O3/c1-25-14-17-38(32-8-4-3-7-31(32)36-25)34(39)28-9-11-29(26-10-12-30-27(23-26)13-15-35-30)33(24-28)41-20-6-2-5-16-37-18-21-40-22-19-37/h3-4,7-13,15,23-25,35-36H,2,5-6,14,16-22H2,1H3/t25-/m0/s1. The van der Waals surface area contributed by atoms with Crippen LogP contribution in [-0.4, -0.2) is 67.8 Å². The lowest BCUT2D eigenvalue weighted by Gasteiger charge is -2.26. The summed E-state index contributed by atoms with van der Waals surface area (Å²) in [6.45, 7) is 8.30. The lowest BCUT2D eigenvalue weighted by atomic mass is 10.0. The van der Waals surface area contributed by atoms with Gasteiger partial charge in [-0.1, -0.05) is 18.2 Å². The second-order valence-electron chi connectivity index (χ2n) is 11.2. The van der Waals surface area contributed by atoms with E-state index >= 15 is 0 Å². The van der Waals surface area contributed by atoms with Crippen LogP contribution in [-0.2, 0) is 4.74 Å². The third kappa shape index (κ3) is 6.42. The third-order valence-corrected chi connectivity index (χ3v) is 8.20. The number of morpholine rings is 1. The molecule has 7 heteroatoms. The molecule has 2 aliphatic heterocycles. The number of unbranched alkanes of at least 4 members (excludes halogenated alkanes) is 2. The summed E-state index contributed by atoms with van der Waals surface area (Å²) in [5, 5.41) is 4.70. The van der Waals surface area contributed by atoms with Crippen LogP contribution in [0.2, 0.25) is 0 Å². The van der Waals surface area contributed by atoms with Crippen molar-refractivity contribution < 1.29 is 14.3 Å². The molecule has 3 aromatic carbocycles. The number of fused-ring (bicyclic) bond motifs is 2. The highest BCUT2D eigenvalue weighted by Crippen LogP contribution is 2.35. The molecule has 214 valence electrons. The second-order valence-corrected chi connectivity index (χ2v) is 11.2. The van der Waals surface area contributed by atoms with E-state index in [0.29, 0.717) is 24.8 Å². The van der Waals surface area contributed by atoms with E-state index in [-0.39, 0.29) is 5.91 Å². The van der Waals surface area contributed by atoms with Crippen molar-refractivity contribution in [2.75, 3.05) is 56.2 Å². The van der Waals surface area contributed by atoms with Crippen molar-refractivity contribution in [3.63, 3.8) is 0 Å². The zero-order valence-corrected chi connectivity index (χ0v) is 23.9. The Morgan fingerprint density at radius 3 is 2.76 bits per heavy atom. The minimum absolute atomic E-state index is 0.00338. The van der Waals surface area contributed by atoms with Crippen LogP contribution >= 0.6 is 0 Å². The first-order chi connectivity index (χ1) is 20.2. The molecule has 7 nitrogen and oxygen atoms in total. The molecule has 0 bridgehead atoms. The summed E-state index contributed by atoms with van der Waals surface area (Å²) in [6.07, 6.45) is 6.07. The molecule has 0 radical (unpaired) electrons. The molecule has 1 amide bonds. The maximum absolute atomic E-state index is 14.0. The molecule has 2 N–H and O–H groups in total. The number of nitrogens with one attached hydrogen (secondary N) is 2. The fourth-order valence-electron chi connectivity index (χ4n) is 5.83. The van der Waals surface area contributed by atoms with Crippen LogP contribution < -0.4 is 15.0 Å². The normalized spacial score (nSPS) is 17.6. The van der Waals surface area contributed by atoms with E-state index in [1.807, 2.05) is 53.6 Å². The summed E-state index contributed by atoms with van der Waals surface area (Å²) in [6, 6.07) is 22.8. The molecule has 0 unspecified atom stereocenters. The highest BCUT2D eigenvalue weighted by molar-refractivity contribution is 6.08. The molecule has 41 heavy (non-hydrogen) atoms. The number of hydrogen-bond donors (Lipinski definition) is 2. The molecule has 0 saturated carbocycles. The maximum Gasteiger partial charge on any atom is 0.258 e. The van der Waals surface area contributed by atoms with Gasteiger partial charge < -0.3 is 24.7 Å². The van der Waals surface area contributed by atoms with Gasteiger partial charge in [-0.3, -0.25) is 9.69 Å². The third-order valence-electron chi connectivity index (χ3n) is 8.20. The van der Waals surface area contributed by atoms with Crippen molar-refractivity contribution in [1.29, 1.82) is 0 Å². The summed E-state index contributed by atoms with van der Waals surface area (Å²) in [5.41, 5.74) is 5.75. The average Bonchev–Trinajstić information content (AvgIpc) is 3.41. The fraction of sp³-hybridized carbons (Fsp3) is 0.382. The lowest BCUT2D eigenvalue weighted by Crippen LogP contribution is -2.36. The Hall–Kier alpha value is -3.81. The van der Waals surface area contributed by atoms with Gasteiger partial charge in [0.05, 0.1) is 31.2 Å². The Labute approximate surface area is 242 Å². The molecule has 4 aromatic rings. The summed E-state index contributed by atoms with van der Waals surface area (Å²) >= 11 is 0. The van der Waals surface area contributed by atoms with Gasteiger partial charge >= 0.3 is 0 Å². The maximum atomic E-state index is 14.0. The number of amides is 1. The minimum Gasteiger partial charge on any atom is -0.493 e. The van der Waals surface area contributed by atoms with E-state index in [4.69, 9.17) is 9.47 Å². The number of aromatic amines is 1. The van der Waals surface area contributed by atoms with E-state index < -0.39 is 0 Å². The number of para-hydroxylation sites is 2. The Kier molecular flexibility index (Phi) is 8.54. The number of hydrogen-bond acceptors (Lipinski definition) is 5. The van der Waals surface area contributed by atoms with Gasteiger partial charge in [0, 0.05) is 48.5 Å². The number of carbonyl (C=O) groups excluding carboxylic acids is 1. The predicted octanol–water partition coefficient (Wildman–Crippen LogP) is 6.57. The molecule has 1 atom stereocenters. The van der Waals surface area contributed by atoms with Crippen LogP contribution in [0, 0.1) is 0 Å². The zero-order chi connectivity index (χ0) is 28.0. The largest absolute Gasteiger partial charge is 0.493 e. The quantitative estimate of drug-likeness (QED) is 0.230. The van der Waals surface area contributed by atoms with Crippen molar-refractivity contribution in [2.45, 2.75) is 38.6 Å². The first-order valence-corrected chi connectivity index (χ1v) is 15.0. The highest BCUT2D eigenvalue weighted by atomic mass is 16.5. The van der Waals surface area contributed by atoms with Crippen molar-refractivity contribution in [3.05, 3.63) is 78.5 Å². The fourth-order valence-corrected chi connectivity index (χ4v) is 5.83. The Morgan fingerprint density at radius 1 is 0.976 bits per heavy atom. The molecule has 3 heterocycles. The van der Waals surface area contributed by atoms with E-state index in [2.05, 4.69) is 46.4 Å². The molecule has 6 rings (SSSR count). The van der Waals surface area contributed by atoms with Crippen LogP contribution in [0.25, 0.3) is 22.0 Å². The first kappa shape index (κ1) is 27.4. The SMILES string of the molecule is C[C@H]1CCN(C(=O)c2ccc(-c3ccc4[nH]ccc4c3)c(OCCCCCN3CCOCC3)c2)c2ccccc2N1. The smallest absolute Gasteiger partial charge is 0.258 e. The molecule has 2 aliphatic rings. The molecule has 1 aromatic heterocycles. The van der Waals surface area contributed by atoms with Crippen LogP contribution in [0.3, 0.4) is 0 Å². The summed E-state index contributed by atoms with van der Waals surface area (Å²) in [7, 11) is 0. The molecule has 0 spiro atoms. The van der Waals surface area contributed by atoms with Gasteiger partial charge in [-0.2, -0.15) is 0 Å². The molecule has 1 saturated heterocycles. The Bertz CT molecular complexity index is 1480. The number of ether oxygens (including phenoxy) is 2. The topological polar surface area (TPSA) is 69.8 Å². The molecular formula is C34H40N4O3. The zero-order valence-electron chi connectivity index (χ0n) is 23.9. The monoisotopic (exact) mass is 552 g/mol. The van der Waals surface area contributed by atoms with Crippen LogP contribution in [0.1, 0.15) is 43.0 Å². The number of nitrogens with zero attached hydrogens (tertiary/aromatic N) is 2. The summed E-state index contributed by atoms with van der Waals surface area (Å²) in [4.78, 5) is 21.6. The number of carbonyl (C=O) groups is 1. The number of rotatable bonds is 9. The van der Waals surface area contributed by atoms with E-state index in [0.717, 1.165) is 97.7 Å². The number of anilines is 2.